The maximum Gasteiger partial charge on any atom is 0.407 e. The number of carboxylic acid groups (broad SMARTS) is 1. The molecule has 0 radical (unpaired) electrons. The summed E-state index contributed by atoms with van der Waals surface area (Å²) in [4.78, 5) is 38.0. The highest BCUT2D eigenvalue weighted by atomic mass is 16.5. The monoisotopic (exact) mass is 464 g/mol. The van der Waals surface area contributed by atoms with Crippen LogP contribution in [0.4, 0.5) is 4.79 Å². The summed E-state index contributed by atoms with van der Waals surface area (Å²) in [7, 11) is 0. The van der Waals surface area contributed by atoms with Crippen LogP contribution in [0.15, 0.2) is 48.5 Å². The highest BCUT2D eigenvalue weighted by Gasteiger charge is 2.30. The highest BCUT2D eigenvalue weighted by Crippen LogP contribution is 2.44. The number of alkyl carbamates (subject to hydrolysis) is 1. The van der Waals surface area contributed by atoms with E-state index in [1.54, 1.807) is 4.90 Å². The maximum absolute atomic E-state index is 12.7. The zero-order valence-corrected chi connectivity index (χ0v) is 19.5. The van der Waals surface area contributed by atoms with E-state index in [-0.39, 0.29) is 30.3 Å². The van der Waals surface area contributed by atoms with Crippen LogP contribution in [0.25, 0.3) is 11.1 Å². The van der Waals surface area contributed by atoms with Crippen molar-refractivity contribution < 1.29 is 24.2 Å². The Hall–Kier alpha value is -3.35. The quantitative estimate of drug-likeness (QED) is 0.608. The number of hydrogen-bond donors (Lipinski definition) is 2. The maximum atomic E-state index is 12.7. The molecule has 4 rings (SSSR count). The molecule has 2 N–H and O–H groups in total. The van der Waals surface area contributed by atoms with Crippen molar-refractivity contribution in [3.8, 4) is 11.1 Å². The zero-order valence-electron chi connectivity index (χ0n) is 19.5. The Bertz CT molecular complexity index is 999. The van der Waals surface area contributed by atoms with Crippen LogP contribution in [-0.2, 0) is 14.3 Å². The third kappa shape index (κ3) is 5.24. The normalized spacial score (nSPS) is 16.4. The second kappa shape index (κ2) is 10.7. The van der Waals surface area contributed by atoms with Gasteiger partial charge in [-0.3, -0.25) is 9.59 Å². The highest BCUT2D eigenvalue weighted by molar-refractivity contribution is 5.79. The lowest BCUT2D eigenvalue weighted by atomic mass is 9.95. The van der Waals surface area contributed by atoms with E-state index in [4.69, 9.17) is 9.84 Å². The van der Waals surface area contributed by atoms with Gasteiger partial charge in [0, 0.05) is 32.0 Å². The van der Waals surface area contributed by atoms with Gasteiger partial charge in [0.05, 0.1) is 5.92 Å². The number of aliphatic carboxylic acids is 1. The van der Waals surface area contributed by atoms with Gasteiger partial charge >= 0.3 is 12.1 Å². The molecule has 0 spiro atoms. The molecule has 2 aromatic rings. The number of rotatable bonds is 8. The van der Waals surface area contributed by atoms with E-state index < -0.39 is 12.1 Å². The topological polar surface area (TPSA) is 95.9 Å². The number of nitrogens with zero attached hydrogens (tertiary/aromatic N) is 1. The minimum atomic E-state index is -0.786. The molecule has 1 atom stereocenters. The SMILES string of the molecule is CCC(CNC(=O)OCC1c2ccccc2-c2ccccc21)CC(=O)N1CCC(C(=O)O)CC1. The number of carbonyl (C=O) groups is 3. The summed E-state index contributed by atoms with van der Waals surface area (Å²) >= 11 is 0. The van der Waals surface area contributed by atoms with Crippen LogP contribution in [-0.4, -0.2) is 54.2 Å². The van der Waals surface area contributed by atoms with Crippen LogP contribution in [0.5, 0.6) is 0 Å². The van der Waals surface area contributed by atoms with E-state index in [0.29, 0.717) is 38.9 Å². The predicted molar refractivity (Wildman–Crippen MR) is 128 cm³/mol. The summed E-state index contributed by atoms with van der Waals surface area (Å²) in [5.41, 5.74) is 4.70. The average molecular weight is 465 g/mol. The Balaban J connectivity index is 1.25. The van der Waals surface area contributed by atoms with Crippen molar-refractivity contribution >= 4 is 18.0 Å². The lowest BCUT2D eigenvalue weighted by Gasteiger charge is -2.31. The zero-order chi connectivity index (χ0) is 24.1. The number of piperidine rings is 1. The number of carboxylic acids is 1. The van der Waals surface area contributed by atoms with E-state index in [1.165, 1.54) is 22.3 Å². The van der Waals surface area contributed by atoms with Gasteiger partial charge in [-0.05, 0) is 41.0 Å². The lowest BCUT2D eigenvalue weighted by molar-refractivity contribution is -0.145. The molecule has 0 bridgehead atoms. The first-order chi connectivity index (χ1) is 16.5. The van der Waals surface area contributed by atoms with E-state index in [9.17, 15) is 14.4 Å². The van der Waals surface area contributed by atoms with E-state index >= 15 is 0 Å². The standard InChI is InChI=1S/C27H32N2O5/c1-2-18(15-25(30)29-13-11-19(12-14-29)26(31)32)16-28-27(33)34-17-24-22-9-5-3-7-20(22)21-8-4-6-10-23(21)24/h3-10,18-19,24H,2,11-17H2,1H3,(H,28,33)(H,31,32). The Kier molecular flexibility index (Phi) is 7.50. The summed E-state index contributed by atoms with van der Waals surface area (Å²) in [5.74, 6) is -1.11. The minimum Gasteiger partial charge on any atom is -0.481 e. The number of carbonyl (C=O) groups excluding carboxylic acids is 2. The smallest absolute Gasteiger partial charge is 0.407 e. The van der Waals surface area contributed by atoms with Crippen LogP contribution >= 0.6 is 0 Å². The van der Waals surface area contributed by atoms with Gasteiger partial charge in [0.1, 0.15) is 6.61 Å². The molecule has 0 saturated carbocycles. The first-order valence-electron chi connectivity index (χ1n) is 12.1. The Morgan fingerprint density at radius 2 is 1.62 bits per heavy atom. The van der Waals surface area contributed by atoms with Crippen molar-refractivity contribution in [2.75, 3.05) is 26.2 Å². The minimum absolute atomic E-state index is 0.00480. The molecule has 7 nitrogen and oxygen atoms in total. The van der Waals surface area contributed by atoms with Crippen molar-refractivity contribution in [2.45, 2.75) is 38.5 Å². The molecule has 1 fully saturated rings. The molecule has 2 aromatic carbocycles. The predicted octanol–water partition coefficient (Wildman–Crippen LogP) is 4.26. The lowest BCUT2D eigenvalue weighted by Crippen LogP contribution is -2.41. The summed E-state index contributed by atoms with van der Waals surface area (Å²) in [6, 6.07) is 16.4. The van der Waals surface area contributed by atoms with E-state index in [2.05, 4.69) is 29.6 Å². The fraction of sp³-hybridized carbons (Fsp3) is 0.444. The largest absolute Gasteiger partial charge is 0.481 e. The van der Waals surface area contributed by atoms with Crippen LogP contribution in [0.1, 0.15) is 49.7 Å². The first kappa shape index (κ1) is 23.8. The molecule has 2 amide bonds. The van der Waals surface area contributed by atoms with E-state index in [0.717, 1.165) is 6.42 Å². The first-order valence-corrected chi connectivity index (χ1v) is 12.1. The number of likely N-dealkylation sites (tertiary alicyclic amines) is 1. The van der Waals surface area contributed by atoms with Gasteiger partial charge in [0.2, 0.25) is 5.91 Å². The number of ether oxygens (including phenoxy) is 1. The second-order valence-corrected chi connectivity index (χ2v) is 9.18. The molecule has 1 aliphatic carbocycles. The van der Waals surface area contributed by atoms with Crippen molar-refractivity contribution in [1.82, 2.24) is 10.2 Å². The molecule has 1 saturated heterocycles. The van der Waals surface area contributed by atoms with E-state index in [1.807, 2.05) is 31.2 Å². The molecule has 1 unspecified atom stereocenters. The van der Waals surface area contributed by atoms with Crippen LogP contribution in [0, 0.1) is 11.8 Å². The molecule has 1 aliphatic heterocycles. The summed E-state index contributed by atoms with van der Waals surface area (Å²) in [6.45, 7) is 3.57. The summed E-state index contributed by atoms with van der Waals surface area (Å²) < 4.78 is 5.59. The molecule has 34 heavy (non-hydrogen) atoms. The molecule has 1 heterocycles. The van der Waals surface area contributed by atoms with Gasteiger partial charge in [0.15, 0.2) is 0 Å². The Morgan fingerprint density at radius 3 is 2.18 bits per heavy atom. The van der Waals surface area contributed by atoms with Crippen LogP contribution in [0.2, 0.25) is 0 Å². The number of amides is 2. The number of nitrogens with one attached hydrogen (secondary N) is 1. The third-order valence-electron chi connectivity index (χ3n) is 7.12. The van der Waals surface area contributed by atoms with Crippen LogP contribution < -0.4 is 5.32 Å². The van der Waals surface area contributed by atoms with Gasteiger partial charge in [-0.1, -0.05) is 61.9 Å². The van der Waals surface area contributed by atoms with Crippen molar-refractivity contribution in [2.24, 2.45) is 11.8 Å². The summed E-state index contributed by atoms with van der Waals surface area (Å²) in [6.07, 6.45) is 1.60. The van der Waals surface area contributed by atoms with Gasteiger partial charge in [0.25, 0.3) is 0 Å². The summed E-state index contributed by atoms with van der Waals surface area (Å²) in [5, 5.41) is 11.9. The van der Waals surface area contributed by atoms with Crippen molar-refractivity contribution in [3.63, 3.8) is 0 Å². The Labute approximate surface area is 200 Å². The fourth-order valence-electron chi connectivity index (χ4n) is 4.99. The number of hydrogen-bond acceptors (Lipinski definition) is 4. The third-order valence-corrected chi connectivity index (χ3v) is 7.12. The number of benzene rings is 2. The number of fused-ring (bicyclic) bond motifs is 3. The molecular formula is C27H32N2O5. The Morgan fingerprint density at radius 1 is 1.03 bits per heavy atom. The van der Waals surface area contributed by atoms with Crippen LogP contribution in [0.3, 0.4) is 0 Å². The molecule has 2 aliphatic rings. The van der Waals surface area contributed by atoms with Gasteiger partial charge in [-0.15, -0.1) is 0 Å². The van der Waals surface area contributed by atoms with Gasteiger partial charge in [-0.25, -0.2) is 4.79 Å². The molecular weight excluding hydrogens is 432 g/mol. The molecule has 7 heteroatoms. The fourth-order valence-corrected chi connectivity index (χ4v) is 4.99. The van der Waals surface area contributed by atoms with Gasteiger partial charge < -0.3 is 20.1 Å². The van der Waals surface area contributed by atoms with Crippen molar-refractivity contribution in [1.29, 1.82) is 0 Å². The average Bonchev–Trinajstić information content (AvgIpc) is 3.18. The second-order valence-electron chi connectivity index (χ2n) is 9.18. The van der Waals surface area contributed by atoms with Gasteiger partial charge in [-0.2, -0.15) is 0 Å². The molecule has 180 valence electrons. The molecule has 0 aromatic heterocycles. The van der Waals surface area contributed by atoms with Crippen molar-refractivity contribution in [3.05, 3.63) is 59.7 Å².